The summed E-state index contributed by atoms with van der Waals surface area (Å²) in [6, 6.07) is 7.79. The van der Waals surface area contributed by atoms with Crippen LogP contribution in [0.25, 0.3) is 0 Å². The summed E-state index contributed by atoms with van der Waals surface area (Å²) < 4.78 is 5.55. The van der Waals surface area contributed by atoms with Crippen LogP contribution in [0.1, 0.15) is 24.8 Å². The number of aliphatic hydroxyl groups excluding tert-OH is 1. The topological polar surface area (TPSA) is 49.8 Å². The Morgan fingerprint density at radius 2 is 2.17 bits per heavy atom. The van der Waals surface area contributed by atoms with E-state index in [4.69, 9.17) is 16.3 Å². The van der Waals surface area contributed by atoms with E-state index in [-0.39, 0.29) is 17.9 Å². The number of rotatable bonds is 5. The first kappa shape index (κ1) is 16.7. The van der Waals surface area contributed by atoms with Gasteiger partial charge in [-0.05, 0) is 42.9 Å². The fourth-order valence-corrected chi connectivity index (χ4v) is 3.89. The highest BCUT2D eigenvalue weighted by molar-refractivity contribution is 6.30. The van der Waals surface area contributed by atoms with Gasteiger partial charge >= 0.3 is 0 Å². The molecule has 0 spiro atoms. The van der Waals surface area contributed by atoms with Crippen LogP contribution in [-0.2, 0) is 16.0 Å². The Morgan fingerprint density at radius 1 is 1.39 bits per heavy atom. The molecule has 0 bridgehead atoms. The zero-order valence-electron chi connectivity index (χ0n) is 13.3. The second kappa shape index (κ2) is 7.20. The number of ether oxygens (including phenoxy) is 1. The Balaban J connectivity index is 1.50. The van der Waals surface area contributed by atoms with Gasteiger partial charge in [0.15, 0.2) is 0 Å². The molecule has 0 aliphatic carbocycles. The lowest BCUT2D eigenvalue weighted by Crippen LogP contribution is -2.43. The minimum atomic E-state index is -0.232. The van der Waals surface area contributed by atoms with Gasteiger partial charge in [0.25, 0.3) is 0 Å². The van der Waals surface area contributed by atoms with Crippen LogP contribution in [0.2, 0.25) is 5.02 Å². The summed E-state index contributed by atoms with van der Waals surface area (Å²) in [4.78, 5) is 14.4. The van der Waals surface area contributed by atoms with Crippen LogP contribution >= 0.6 is 11.6 Å². The van der Waals surface area contributed by atoms with Gasteiger partial charge < -0.3 is 14.7 Å². The number of nitrogens with zero attached hydrogens (tertiary/aromatic N) is 1. The largest absolute Gasteiger partial charge is 0.396 e. The van der Waals surface area contributed by atoms with Crippen LogP contribution in [0.3, 0.4) is 0 Å². The average molecular weight is 338 g/mol. The molecule has 2 aliphatic rings. The average Bonchev–Trinajstić information content (AvgIpc) is 2.97. The number of hydrogen-bond acceptors (Lipinski definition) is 3. The highest BCUT2D eigenvalue weighted by Crippen LogP contribution is 2.41. The van der Waals surface area contributed by atoms with E-state index in [1.807, 2.05) is 29.2 Å². The summed E-state index contributed by atoms with van der Waals surface area (Å²) >= 11 is 5.88. The van der Waals surface area contributed by atoms with Crippen molar-refractivity contribution in [2.45, 2.75) is 25.7 Å². The molecule has 3 rings (SSSR count). The van der Waals surface area contributed by atoms with Crippen molar-refractivity contribution in [2.24, 2.45) is 11.3 Å². The summed E-state index contributed by atoms with van der Waals surface area (Å²) in [6.45, 7) is 2.82. The van der Waals surface area contributed by atoms with Crippen molar-refractivity contribution >= 4 is 17.5 Å². The SMILES string of the molecule is O=C(CCCc1ccc(Cl)cc1)N1C[C@@H]2CCOC[C@]2(CO)C1. The van der Waals surface area contributed by atoms with Gasteiger partial charge in [0.1, 0.15) is 0 Å². The molecular formula is C18H24ClNO3. The molecule has 0 radical (unpaired) electrons. The molecule has 2 saturated heterocycles. The molecule has 4 nitrogen and oxygen atoms in total. The summed E-state index contributed by atoms with van der Waals surface area (Å²) in [6.07, 6.45) is 3.21. The van der Waals surface area contributed by atoms with E-state index in [0.29, 0.717) is 25.5 Å². The minimum absolute atomic E-state index is 0.103. The van der Waals surface area contributed by atoms with Crippen molar-refractivity contribution in [3.63, 3.8) is 0 Å². The summed E-state index contributed by atoms with van der Waals surface area (Å²) in [7, 11) is 0. The van der Waals surface area contributed by atoms with E-state index in [1.54, 1.807) is 0 Å². The third-order valence-corrected chi connectivity index (χ3v) is 5.50. The fraction of sp³-hybridized carbons (Fsp3) is 0.611. The Hall–Kier alpha value is -1.10. The number of carbonyl (C=O) groups is 1. The first-order chi connectivity index (χ1) is 11.1. The molecule has 2 atom stereocenters. The van der Waals surface area contributed by atoms with Crippen LogP contribution in [-0.4, -0.2) is 48.8 Å². The fourth-order valence-electron chi connectivity index (χ4n) is 3.76. The summed E-state index contributed by atoms with van der Waals surface area (Å²) in [5.41, 5.74) is 0.974. The second-order valence-electron chi connectivity index (χ2n) is 6.81. The quantitative estimate of drug-likeness (QED) is 0.898. The van der Waals surface area contributed by atoms with E-state index < -0.39 is 0 Å². The van der Waals surface area contributed by atoms with Gasteiger partial charge in [-0.2, -0.15) is 0 Å². The lowest BCUT2D eigenvalue weighted by atomic mass is 9.76. The highest BCUT2D eigenvalue weighted by Gasteiger charge is 2.49. The van der Waals surface area contributed by atoms with Crippen molar-refractivity contribution < 1.29 is 14.6 Å². The van der Waals surface area contributed by atoms with E-state index in [2.05, 4.69) is 0 Å². The minimum Gasteiger partial charge on any atom is -0.396 e. The molecule has 0 aromatic heterocycles. The summed E-state index contributed by atoms with van der Waals surface area (Å²) in [5, 5.41) is 10.5. The van der Waals surface area contributed by atoms with Crippen molar-refractivity contribution in [3.05, 3.63) is 34.9 Å². The Labute approximate surface area is 142 Å². The van der Waals surface area contributed by atoms with Gasteiger partial charge in [-0.25, -0.2) is 0 Å². The second-order valence-corrected chi connectivity index (χ2v) is 7.25. The van der Waals surface area contributed by atoms with E-state index in [1.165, 1.54) is 5.56 Å². The van der Waals surface area contributed by atoms with Gasteiger partial charge in [0, 0.05) is 36.6 Å². The predicted octanol–water partition coefficient (Wildman–Crippen LogP) is 2.52. The van der Waals surface area contributed by atoms with E-state index >= 15 is 0 Å². The molecule has 126 valence electrons. The van der Waals surface area contributed by atoms with Gasteiger partial charge in [-0.3, -0.25) is 4.79 Å². The zero-order chi connectivity index (χ0) is 16.3. The summed E-state index contributed by atoms with van der Waals surface area (Å²) in [5.74, 6) is 0.572. The van der Waals surface area contributed by atoms with Crippen molar-refractivity contribution in [1.82, 2.24) is 4.90 Å². The predicted molar refractivity (Wildman–Crippen MR) is 89.4 cm³/mol. The molecule has 2 fully saturated rings. The lowest BCUT2D eigenvalue weighted by Gasteiger charge is -2.36. The molecule has 0 unspecified atom stereocenters. The standard InChI is InChI=1S/C18H24ClNO3/c19-16-6-4-14(5-7-16)2-1-3-17(22)20-10-15-8-9-23-13-18(15,11-20)12-21/h4-7,15,21H,1-3,8-13H2/t15-,18+/m0/s1. The number of likely N-dealkylation sites (tertiary alicyclic amines) is 1. The maximum atomic E-state index is 12.5. The van der Waals surface area contributed by atoms with Gasteiger partial charge in [0.05, 0.1) is 13.2 Å². The highest BCUT2D eigenvalue weighted by atomic mass is 35.5. The Morgan fingerprint density at radius 3 is 2.87 bits per heavy atom. The van der Waals surface area contributed by atoms with E-state index in [9.17, 15) is 9.90 Å². The third-order valence-electron chi connectivity index (χ3n) is 5.25. The molecule has 23 heavy (non-hydrogen) atoms. The van der Waals surface area contributed by atoms with Crippen LogP contribution in [0.4, 0.5) is 0 Å². The Kier molecular flexibility index (Phi) is 5.24. The number of amides is 1. The number of aryl methyl sites for hydroxylation is 1. The van der Waals surface area contributed by atoms with Gasteiger partial charge in [0.2, 0.25) is 5.91 Å². The molecule has 0 saturated carbocycles. The van der Waals surface area contributed by atoms with Crippen molar-refractivity contribution in [2.75, 3.05) is 32.9 Å². The number of halogens is 1. The smallest absolute Gasteiger partial charge is 0.222 e. The molecule has 1 amide bonds. The first-order valence-electron chi connectivity index (χ1n) is 8.34. The molecule has 1 N–H and O–H groups in total. The normalized spacial score (nSPS) is 27.0. The number of hydrogen-bond donors (Lipinski definition) is 1. The molecule has 2 heterocycles. The van der Waals surface area contributed by atoms with Crippen molar-refractivity contribution in [1.29, 1.82) is 0 Å². The van der Waals surface area contributed by atoms with Crippen molar-refractivity contribution in [3.8, 4) is 0 Å². The van der Waals surface area contributed by atoms with Crippen LogP contribution < -0.4 is 0 Å². The zero-order valence-corrected chi connectivity index (χ0v) is 14.1. The van der Waals surface area contributed by atoms with E-state index in [0.717, 1.165) is 37.4 Å². The third kappa shape index (κ3) is 3.70. The molecule has 1 aromatic rings. The van der Waals surface area contributed by atoms with Crippen LogP contribution in [0.5, 0.6) is 0 Å². The molecular weight excluding hydrogens is 314 g/mol. The maximum Gasteiger partial charge on any atom is 0.222 e. The molecule has 5 heteroatoms. The maximum absolute atomic E-state index is 12.5. The molecule has 2 aliphatic heterocycles. The number of benzene rings is 1. The van der Waals surface area contributed by atoms with Crippen LogP contribution in [0, 0.1) is 11.3 Å². The van der Waals surface area contributed by atoms with Crippen LogP contribution in [0.15, 0.2) is 24.3 Å². The molecule has 1 aromatic carbocycles. The Bertz CT molecular complexity index is 548. The first-order valence-corrected chi connectivity index (χ1v) is 8.72. The number of aliphatic hydroxyl groups is 1. The van der Waals surface area contributed by atoms with Gasteiger partial charge in [-0.1, -0.05) is 23.7 Å². The van der Waals surface area contributed by atoms with Gasteiger partial charge in [-0.15, -0.1) is 0 Å². The monoisotopic (exact) mass is 337 g/mol. The lowest BCUT2D eigenvalue weighted by molar-refractivity contribution is -0.131. The number of carbonyl (C=O) groups excluding carboxylic acids is 1. The number of fused-ring (bicyclic) bond motifs is 1.